The molecule has 1 unspecified atom stereocenters. The van der Waals surface area contributed by atoms with Gasteiger partial charge in [-0.3, -0.25) is 0 Å². The van der Waals surface area contributed by atoms with Crippen LogP contribution in [0.4, 0.5) is 8.78 Å². The first-order chi connectivity index (χ1) is 7.51. The minimum absolute atomic E-state index is 0.0856. The highest BCUT2D eigenvalue weighted by Crippen LogP contribution is 2.24. The van der Waals surface area contributed by atoms with Gasteiger partial charge in [-0.15, -0.1) is 0 Å². The molecule has 0 saturated heterocycles. The van der Waals surface area contributed by atoms with E-state index in [4.69, 9.17) is 0 Å². The number of ether oxygens (including phenoxy) is 1. The summed E-state index contributed by atoms with van der Waals surface area (Å²) in [6.45, 7) is -1.21. The van der Waals surface area contributed by atoms with Gasteiger partial charge in [-0.1, -0.05) is 12.1 Å². The Bertz CT molecular complexity index is 341. The molecule has 90 valence electrons. The maximum absolute atomic E-state index is 12.0. The summed E-state index contributed by atoms with van der Waals surface area (Å²) in [5.41, 5.74) is 0.0252. The van der Waals surface area contributed by atoms with Crippen LogP contribution in [0, 0.1) is 0 Å². The van der Waals surface area contributed by atoms with Crippen LogP contribution in [0.1, 0.15) is 12.5 Å². The Labute approximate surface area is 93.0 Å². The van der Waals surface area contributed by atoms with Crippen LogP contribution in [-0.4, -0.2) is 25.4 Å². The third-order valence-corrected chi connectivity index (χ3v) is 2.56. The van der Waals surface area contributed by atoms with Gasteiger partial charge in [-0.2, -0.15) is 8.78 Å². The Balaban J connectivity index is 2.97. The highest BCUT2D eigenvalue weighted by Gasteiger charge is 2.23. The summed E-state index contributed by atoms with van der Waals surface area (Å²) in [6.07, 6.45) is 0. The van der Waals surface area contributed by atoms with Crippen molar-refractivity contribution in [2.45, 2.75) is 19.1 Å². The molecule has 0 heterocycles. The Morgan fingerprint density at radius 1 is 1.50 bits per heavy atom. The van der Waals surface area contributed by atoms with Gasteiger partial charge in [0, 0.05) is 0 Å². The number of hydrogen-bond acceptors (Lipinski definition) is 3. The van der Waals surface area contributed by atoms with Gasteiger partial charge in [-0.05, 0) is 31.7 Å². The van der Waals surface area contributed by atoms with Crippen LogP contribution in [0.15, 0.2) is 24.3 Å². The number of alkyl halides is 2. The molecule has 0 fully saturated rings. The van der Waals surface area contributed by atoms with Crippen LogP contribution in [-0.2, 0) is 5.54 Å². The number of hydrogen-bond donors (Lipinski definition) is 2. The molecule has 5 heteroatoms. The molecule has 3 nitrogen and oxygen atoms in total. The smallest absolute Gasteiger partial charge is 0.387 e. The summed E-state index contributed by atoms with van der Waals surface area (Å²) in [5.74, 6) is 0.0856. The topological polar surface area (TPSA) is 41.5 Å². The van der Waals surface area contributed by atoms with Crippen molar-refractivity contribution >= 4 is 0 Å². The van der Waals surface area contributed by atoms with E-state index in [-0.39, 0.29) is 12.4 Å². The zero-order valence-corrected chi connectivity index (χ0v) is 9.21. The summed E-state index contributed by atoms with van der Waals surface area (Å²) in [7, 11) is 1.69. The zero-order valence-electron chi connectivity index (χ0n) is 9.21. The Morgan fingerprint density at radius 2 is 2.19 bits per heavy atom. The number of rotatable bonds is 5. The van der Waals surface area contributed by atoms with Crippen LogP contribution in [0.25, 0.3) is 0 Å². The average molecular weight is 231 g/mol. The summed E-state index contributed by atoms with van der Waals surface area (Å²) < 4.78 is 28.3. The maximum atomic E-state index is 12.0. The van der Waals surface area contributed by atoms with Crippen molar-refractivity contribution in [2.75, 3.05) is 13.7 Å². The van der Waals surface area contributed by atoms with Crippen molar-refractivity contribution < 1.29 is 18.6 Å². The summed E-state index contributed by atoms with van der Waals surface area (Å²) >= 11 is 0. The van der Waals surface area contributed by atoms with Gasteiger partial charge in [0.25, 0.3) is 0 Å². The van der Waals surface area contributed by atoms with Crippen molar-refractivity contribution in [1.82, 2.24) is 5.32 Å². The normalized spacial score (nSPS) is 14.9. The van der Waals surface area contributed by atoms with E-state index in [0.29, 0.717) is 5.56 Å². The van der Waals surface area contributed by atoms with Gasteiger partial charge in [0.1, 0.15) is 5.75 Å². The molecular formula is C11H15F2NO2. The Morgan fingerprint density at radius 3 is 2.69 bits per heavy atom. The number of likely N-dealkylation sites (N-methyl/N-ethyl adjacent to an activating group) is 1. The van der Waals surface area contributed by atoms with Gasteiger partial charge in [0.2, 0.25) is 0 Å². The van der Waals surface area contributed by atoms with E-state index < -0.39 is 12.2 Å². The van der Waals surface area contributed by atoms with Crippen molar-refractivity contribution in [3.05, 3.63) is 29.8 Å². The van der Waals surface area contributed by atoms with Crippen LogP contribution in [0.2, 0.25) is 0 Å². The highest BCUT2D eigenvalue weighted by atomic mass is 19.3. The van der Waals surface area contributed by atoms with Crippen molar-refractivity contribution in [3.63, 3.8) is 0 Å². The van der Waals surface area contributed by atoms with E-state index in [0.717, 1.165) is 0 Å². The van der Waals surface area contributed by atoms with Crippen LogP contribution in [0.3, 0.4) is 0 Å². The van der Waals surface area contributed by atoms with Gasteiger partial charge in [0.15, 0.2) is 0 Å². The Hall–Kier alpha value is -1.20. The third kappa shape index (κ3) is 2.90. The lowest BCUT2D eigenvalue weighted by Crippen LogP contribution is -2.40. The van der Waals surface area contributed by atoms with Crippen LogP contribution >= 0.6 is 0 Å². The molecule has 1 atom stereocenters. The molecule has 1 rings (SSSR count). The zero-order chi connectivity index (χ0) is 12.2. The second-order valence-corrected chi connectivity index (χ2v) is 3.65. The van der Waals surface area contributed by atoms with Crippen LogP contribution < -0.4 is 10.1 Å². The van der Waals surface area contributed by atoms with Gasteiger partial charge in [-0.25, -0.2) is 0 Å². The molecule has 0 amide bonds. The number of halogens is 2. The predicted molar refractivity (Wildman–Crippen MR) is 56.6 cm³/mol. The van der Waals surface area contributed by atoms with E-state index in [9.17, 15) is 13.9 Å². The molecule has 0 aliphatic rings. The Kier molecular flexibility index (Phi) is 4.20. The second-order valence-electron chi connectivity index (χ2n) is 3.65. The quantitative estimate of drug-likeness (QED) is 0.810. The third-order valence-electron chi connectivity index (χ3n) is 2.56. The fourth-order valence-electron chi connectivity index (χ4n) is 1.33. The van der Waals surface area contributed by atoms with E-state index in [1.165, 1.54) is 12.1 Å². The molecular weight excluding hydrogens is 216 g/mol. The minimum atomic E-state index is -2.84. The number of nitrogens with one attached hydrogen (secondary N) is 1. The summed E-state index contributed by atoms with van der Waals surface area (Å²) in [5, 5.41) is 12.2. The molecule has 0 bridgehead atoms. The van der Waals surface area contributed by atoms with E-state index in [2.05, 4.69) is 10.1 Å². The molecule has 0 radical (unpaired) electrons. The molecule has 0 spiro atoms. The molecule has 0 aromatic heterocycles. The molecule has 0 aliphatic carbocycles. The average Bonchev–Trinajstić information content (AvgIpc) is 2.27. The van der Waals surface area contributed by atoms with Gasteiger partial charge < -0.3 is 15.2 Å². The molecule has 0 aliphatic heterocycles. The standard InChI is InChI=1S/C11H15F2NO2/c1-11(7-15,14-2)8-4-3-5-9(6-8)16-10(12)13/h3-6,10,14-15H,7H2,1-2H3. The highest BCUT2D eigenvalue weighted by molar-refractivity contribution is 5.33. The summed E-state index contributed by atoms with van der Waals surface area (Å²) in [6, 6.07) is 6.28. The lowest BCUT2D eigenvalue weighted by molar-refractivity contribution is -0.0499. The molecule has 1 aromatic rings. The molecule has 0 saturated carbocycles. The lowest BCUT2D eigenvalue weighted by atomic mass is 9.93. The maximum Gasteiger partial charge on any atom is 0.387 e. The molecule has 2 N–H and O–H groups in total. The first-order valence-corrected chi connectivity index (χ1v) is 4.87. The number of benzene rings is 1. The van der Waals surface area contributed by atoms with E-state index in [1.807, 2.05) is 0 Å². The first kappa shape index (κ1) is 12.9. The largest absolute Gasteiger partial charge is 0.435 e. The number of aliphatic hydroxyl groups is 1. The van der Waals surface area contributed by atoms with E-state index >= 15 is 0 Å². The fourth-order valence-corrected chi connectivity index (χ4v) is 1.33. The van der Waals surface area contributed by atoms with E-state index in [1.54, 1.807) is 26.1 Å². The first-order valence-electron chi connectivity index (χ1n) is 4.87. The molecule has 1 aromatic carbocycles. The van der Waals surface area contributed by atoms with Crippen molar-refractivity contribution in [2.24, 2.45) is 0 Å². The SMILES string of the molecule is CNC(C)(CO)c1cccc(OC(F)F)c1. The summed E-state index contributed by atoms with van der Waals surface area (Å²) in [4.78, 5) is 0. The van der Waals surface area contributed by atoms with Crippen LogP contribution in [0.5, 0.6) is 5.75 Å². The van der Waals surface area contributed by atoms with Crippen molar-refractivity contribution in [1.29, 1.82) is 0 Å². The van der Waals surface area contributed by atoms with Gasteiger partial charge in [0.05, 0.1) is 12.1 Å². The fraction of sp³-hybridized carbons (Fsp3) is 0.455. The minimum Gasteiger partial charge on any atom is -0.435 e. The predicted octanol–water partition coefficient (Wildman–Crippen LogP) is 1.71. The van der Waals surface area contributed by atoms with Gasteiger partial charge >= 0.3 is 6.61 Å². The lowest BCUT2D eigenvalue weighted by Gasteiger charge is -2.27. The van der Waals surface area contributed by atoms with Crippen molar-refractivity contribution in [3.8, 4) is 5.75 Å². The number of aliphatic hydroxyl groups excluding tert-OH is 1. The second kappa shape index (κ2) is 5.23. The molecule has 16 heavy (non-hydrogen) atoms. The monoisotopic (exact) mass is 231 g/mol.